The summed E-state index contributed by atoms with van der Waals surface area (Å²) in [6.07, 6.45) is 8.68. The lowest BCUT2D eigenvalue weighted by Gasteiger charge is -2.42. The molecule has 1 N–H and O–H groups in total. The van der Waals surface area contributed by atoms with Crippen LogP contribution in [0.4, 0.5) is 11.4 Å². The predicted octanol–water partition coefficient (Wildman–Crippen LogP) is 4.06. The predicted molar refractivity (Wildman–Crippen MR) is 123 cm³/mol. The molecule has 31 heavy (non-hydrogen) atoms. The molecule has 0 aromatic heterocycles. The quantitative estimate of drug-likeness (QED) is 0.694. The standard InChI is InChI=1S/C25H37N3O3/c1-2-31-25(30)20-8-5-15-28(18-20)23-13-16-27(17-14-23)22-11-9-21(10-12-22)26-24(29)19-6-3-4-7-19/h9-12,19-20,23H,2-8,13-18H2,1H3,(H,26,29). The summed E-state index contributed by atoms with van der Waals surface area (Å²) in [5.41, 5.74) is 2.12. The zero-order valence-corrected chi connectivity index (χ0v) is 18.9. The second kappa shape index (κ2) is 10.5. The number of amides is 1. The third-order valence-corrected chi connectivity index (χ3v) is 7.28. The maximum Gasteiger partial charge on any atom is 0.310 e. The van der Waals surface area contributed by atoms with E-state index >= 15 is 0 Å². The lowest BCUT2D eigenvalue weighted by molar-refractivity contribution is -0.150. The summed E-state index contributed by atoms with van der Waals surface area (Å²) in [6.45, 7) is 6.34. The summed E-state index contributed by atoms with van der Waals surface area (Å²) in [5.74, 6) is 0.383. The highest BCUT2D eigenvalue weighted by molar-refractivity contribution is 5.92. The van der Waals surface area contributed by atoms with Gasteiger partial charge in [0.05, 0.1) is 12.5 Å². The molecule has 170 valence electrons. The van der Waals surface area contributed by atoms with Crippen molar-refractivity contribution in [2.45, 2.75) is 64.3 Å². The van der Waals surface area contributed by atoms with Crippen LogP contribution in [0.2, 0.25) is 0 Å². The summed E-state index contributed by atoms with van der Waals surface area (Å²) in [5, 5.41) is 3.08. The highest BCUT2D eigenvalue weighted by atomic mass is 16.5. The van der Waals surface area contributed by atoms with Crippen LogP contribution in [0.1, 0.15) is 58.3 Å². The number of likely N-dealkylation sites (tertiary alicyclic amines) is 1. The van der Waals surface area contributed by atoms with Crippen molar-refractivity contribution in [2.24, 2.45) is 11.8 Å². The van der Waals surface area contributed by atoms with E-state index in [1.54, 1.807) is 0 Å². The normalized spacial score (nSPS) is 23.6. The van der Waals surface area contributed by atoms with E-state index in [9.17, 15) is 9.59 Å². The number of piperidine rings is 2. The Morgan fingerprint density at radius 1 is 0.935 bits per heavy atom. The van der Waals surface area contributed by atoms with Gasteiger partial charge in [-0.25, -0.2) is 0 Å². The molecule has 6 nitrogen and oxygen atoms in total. The van der Waals surface area contributed by atoms with Crippen LogP contribution in [-0.2, 0) is 14.3 Å². The van der Waals surface area contributed by atoms with Crippen molar-refractivity contribution in [1.29, 1.82) is 0 Å². The number of carbonyl (C=O) groups excluding carboxylic acids is 2. The Kier molecular flexibility index (Phi) is 7.49. The summed E-state index contributed by atoms with van der Waals surface area (Å²) >= 11 is 0. The molecule has 6 heteroatoms. The summed E-state index contributed by atoms with van der Waals surface area (Å²) in [7, 11) is 0. The van der Waals surface area contributed by atoms with Gasteiger partial charge in [0.25, 0.3) is 0 Å². The molecule has 3 fully saturated rings. The van der Waals surface area contributed by atoms with Crippen molar-refractivity contribution in [3.05, 3.63) is 24.3 Å². The van der Waals surface area contributed by atoms with Gasteiger partial charge < -0.3 is 15.0 Å². The third kappa shape index (κ3) is 5.59. The maximum atomic E-state index is 12.3. The monoisotopic (exact) mass is 427 g/mol. The maximum absolute atomic E-state index is 12.3. The molecule has 1 amide bonds. The lowest BCUT2D eigenvalue weighted by atomic mass is 9.94. The topological polar surface area (TPSA) is 61.9 Å². The van der Waals surface area contributed by atoms with Gasteiger partial charge in [-0.1, -0.05) is 12.8 Å². The minimum absolute atomic E-state index is 0.0234. The highest BCUT2D eigenvalue weighted by Crippen LogP contribution is 2.29. The van der Waals surface area contributed by atoms with Crippen LogP contribution in [0.3, 0.4) is 0 Å². The number of nitrogens with one attached hydrogen (secondary N) is 1. The molecule has 2 heterocycles. The van der Waals surface area contributed by atoms with Crippen LogP contribution in [0.5, 0.6) is 0 Å². The first-order chi connectivity index (χ1) is 15.1. The Balaban J connectivity index is 1.25. The van der Waals surface area contributed by atoms with Crippen LogP contribution >= 0.6 is 0 Å². The SMILES string of the molecule is CCOC(=O)C1CCCN(C2CCN(c3ccc(NC(=O)C4CCCC4)cc3)CC2)C1. The van der Waals surface area contributed by atoms with Crippen LogP contribution in [0.15, 0.2) is 24.3 Å². The van der Waals surface area contributed by atoms with Gasteiger partial charge in [0, 0.05) is 43.0 Å². The van der Waals surface area contributed by atoms with Crippen LogP contribution in [-0.4, -0.2) is 55.6 Å². The number of nitrogens with zero attached hydrogens (tertiary/aromatic N) is 2. The van der Waals surface area contributed by atoms with E-state index in [1.807, 2.05) is 19.1 Å². The lowest BCUT2D eigenvalue weighted by Crippen LogP contribution is -2.49. The number of esters is 1. The van der Waals surface area contributed by atoms with E-state index in [0.717, 1.165) is 70.4 Å². The molecule has 1 aliphatic carbocycles. The number of hydrogen-bond acceptors (Lipinski definition) is 5. The molecule has 1 aromatic rings. The molecule has 1 aromatic carbocycles. The number of anilines is 2. The van der Waals surface area contributed by atoms with Gasteiger partial charge in [0.15, 0.2) is 0 Å². The van der Waals surface area contributed by atoms with Gasteiger partial charge in [-0.2, -0.15) is 0 Å². The molecule has 4 rings (SSSR count). The third-order valence-electron chi connectivity index (χ3n) is 7.28. The van der Waals surface area contributed by atoms with Gasteiger partial charge >= 0.3 is 5.97 Å². The Labute approximate surface area is 186 Å². The molecule has 1 atom stereocenters. The van der Waals surface area contributed by atoms with Crippen LogP contribution in [0.25, 0.3) is 0 Å². The number of rotatable bonds is 6. The smallest absolute Gasteiger partial charge is 0.310 e. The van der Waals surface area contributed by atoms with E-state index < -0.39 is 0 Å². The van der Waals surface area contributed by atoms with Crippen molar-refractivity contribution >= 4 is 23.3 Å². The zero-order valence-electron chi connectivity index (χ0n) is 18.9. The first kappa shape index (κ1) is 22.1. The van der Waals surface area contributed by atoms with Gasteiger partial charge in [-0.05, 0) is 76.3 Å². The average Bonchev–Trinajstić information content (AvgIpc) is 3.35. The second-order valence-electron chi connectivity index (χ2n) is 9.32. The Bertz CT molecular complexity index is 737. The van der Waals surface area contributed by atoms with Gasteiger partial charge in [0.2, 0.25) is 5.91 Å². The molecule has 2 saturated heterocycles. The van der Waals surface area contributed by atoms with Crippen LogP contribution in [0, 0.1) is 11.8 Å². The largest absolute Gasteiger partial charge is 0.466 e. The molecule has 0 radical (unpaired) electrons. The fraction of sp³-hybridized carbons (Fsp3) is 0.680. The highest BCUT2D eigenvalue weighted by Gasteiger charge is 2.32. The molecule has 0 bridgehead atoms. The number of hydrogen-bond donors (Lipinski definition) is 1. The Morgan fingerprint density at radius 2 is 1.61 bits per heavy atom. The Morgan fingerprint density at radius 3 is 2.29 bits per heavy atom. The molecule has 1 unspecified atom stereocenters. The summed E-state index contributed by atoms with van der Waals surface area (Å²) < 4.78 is 5.25. The molecule has 3 aliphatic rings. The molecular formula is C25H37N3O3. The van der Waals surface area contributed by atoms with Crippen molar-refractivity contribution in [2.75, 3.05) is 43.0 Å². The van der Waals surface area contributed by atoms with Crippen molar-refractivity contribution in [1.82, 2.24) is 4.90 Å². The molecule has 2 aliphatic heterocycles. The Hall–Kier alpha value is -2.08. The van der Waals surface area contributed by atoms with Crippen molar-refractivity contribution < 1.29 is 14.3 Å². The van der Waals surface area contributed by atoms with Gasteiger partial charge in [-0.15, -0.1) is 0 Å². The van der Waals surface area contributed by atoms with Gasteiger partial charge in [0.1, 0.15) is 0 Å². The fourth-order valence-corrected chi connectivity index (χ4v) is 5.47. The van der Waals surface area contributed by atoms with E-state index in [1.165, 1.54) is 18.5 Å². The van der Waals surface area contributed by atoms with Gasteiger partial charge in [-0.3, -0.25) is 14.5 Å². The minimum Gasteiger partial charge on any atom is -0.466 e. The number of carbonyl (C=O) groups is 2. The van der Waals surface area contributed by atoms with Crippen molar-refractivity contribution in [3.8, 4) is 0 Å². The van der Waals surface area contributed by atoms with E-state index in [2.05, 4.69) is 27.2 Å². The number of ether oxygens (including phenoxy) is 1. The second-order valence-corrected chi connectivity index (χ2v) is 9.32. The van der Waals surface area contributed by atoms with Crippen LogP contribution < -0.4 is 10.2 Å². The molecule has 1 saturated carbocycles. The first-order valence-corrected chi connectivity index (χ1v) is 12.2. The average molecular weight is 428 g/mol. The number of benzene rings is 1. The fourth-order valence-electron chi connectivity index (χ4n) is 5.47. The molecule has 0 spiro atoms. The summed E-state index contributed by atoms with van der Waals surface area (Å²) in [6, 6.07) is 8.87. The van der Waals surface area contributed by atoms with Crippen molar-refractivity contribution in [3.63, 3.8) is 0 Å². The van der Waals surface area contributed by atoms with E-state index in [0.29, 0.717) is 12.6 Å². The summed E-state index contributed by atoms with van der Waals surface area (Å²) in [4.78, 5) is 29.4. The first-order valence-electron chi connectivity index (χ1n) is 12.2. The minimum atomic E-state index is -0.0234. The zero-order chi connectivity index (χ0) is 21.6. The van der Waals surface area contributed by atoms with E-state index in [-0.39, 0.29) is 23.7 Å². The molecular weight excluding hydrogens is 390 g/mol. The van der Waals surface area contributed by atoms with E-state index in [4.69, 9.17) is 4.74 Å².